The van der Waals surface area contributed by atoms with Crippen molar-refractivity contribution in [1.29, 1.82) is 0 Å². The minimum Gasteiger partial charge on any atom is -0.508 e. The molecule has 16 N–H and O–H groups in total. The number of phenolic OH excluding ortho intramolecular Hbond substituents is 1. The second-order valence-electron chi connectivity index (χ2n) is 18.9. The lowest BCUT2D eigenvalue weighted by Gasteiger charge is -2.32. The maximum atomic E-state index is 14.6. The number of carbonyl (C=O) groups excluding carboxylic acids is 7. The molecule has 0 bridgehead atoms. The molecule has 0 saturated carbocycles. The molecule has 0 radical (unpaired) electrons. The number of nitrogens with two attached hydrogens (primary N) is 3. The van der Waals surface area contributed by atoms with Crippen molar-refractivity contribution in [2.75, 3.05) is 13.1 Å². The van der Waals surface area contributed by atoms with E-state index in [1.54, 1.807) is 58.0 Å². The highest BCUT2D eigenvalue weighted by atomic mass is 16.4. The summed E-state index contributed by atoms with van der Waals surface area (Å²) in [5.74, 6) is -9.64. The normalized spacial score (nSPS) is 16.3. The molecule has 2 heterocycles. The molecular formula is C50H71N13O12. The number of nitrogens with zero attached hydrogens (tertiary/aromatic N) is 3. The fourth-order valence-electron chi connectivity index (χ4n) is 8.31. The SMILES string of the molecule is CC[C@H](C)[C@H](NC(=O)[C@H](Cc1ccc(O)cc1)NC(=O)[C@@H](NC(=O)[C@H](CCCN=C(N)N)NC(=O)C(N)CC(=O)O)C(C)C)C(=O)N[C@@H](Cc1cnc[nH]1)C(=O)N1CCC[C@H]1C(=O)N[C@@H](Cc1ccccc1)C(=O)O. The van der Waals surface area contributed by atoms with Crippen LogP contribution < -0.4 is 49.1 Å². The molecule has 3 aromatic rings. The number of nitrogens with one attached hydrogen (secondary N) is 7. The molecule has 1 fully saturated rings. The average molecular weight is 1050 g/mol. The molecule has 25 heteroatoms. The summed E-state index contributed by atoms with van der Waals surface area (Å²) in [5, 5.41) is 45.1. The Morgan fingerprint density at radius 3 is 1.95 bits per heavy atom. The largest absolute Gasteiger partial charge is 0.508 e. The van der Waals surface area contributed by atoms with Crippen molar-refractivity contribution in [3.05, 3.63) is 83.9 Å². The Labute approximate surface area is 434 Å². The lowest BCUT2D eigenvalue weighted by atomic mass is 9.96. The predicted octanol–water partition coefficient (Wildman–Crippen LogP) is -1.31. The molecule has 1 aliphatic rings. The number of imidazole rings is 1. The second kappa shape index (κ2) is 29.0. The van der Waals surface area contributed by atoms with E-state index < -0.39 is 120 Å². The van der Waals surface area contributed by atoms with E-state index in [2.05, 4.69) is 46.9 Å². The number of H-pyrrole nitrogens is 1. The highest BCUT2D eigenvalue weighted by molar-refractivity contribution is 5.98. The monoisotopic (exact) mass is 1050 g/mol. The third kappa shape index (κ3) is 18.7. The van der Waals surface area contributed by atoms with Crippen LogP contribution in [0.5, 0.6) is 5.75 Å². The van der Waals surface area contributed by atoms with Crippen LogP contribution in [-0.4, -0.2) is 151 Å². The first-order valence-corrected chi connectivity index (χ1v) is 24.8. The smallest absolute Gasteiger partial charge is 0.326 e. The van der Waals surface area contributed by atoms with Gasteiger partial charge in [0.15, 0.2) is 5.96 Å². The van der Waals surface area contributed by atoms with Gasteiger partial charge >= 0.3 is 11.9 Å². The topological polar surface area (TPSA) is 409 Å². The van der Waals surface area contributed by atoms with Gasteiger partial charge in [0.2, 0.25) is 41.4 Å². The van der Waals surface area contributed by atoms with Crippen LogP contribution >= 0.6 is 0 Å². The van der Waals surface area contributed by atoms with Gasteiger partial charge in [-0.1, -0.05) is 76.6 Å². The summed E-state index contributed by atoms with van der Waals surface area (Å²) in [6, 6.07) is 3.95. The second-order valence-corrected chi connectivity index (χ2v) is 18.9. The zero-order chi connectivity index (χ0) is 55.4. The molecule has 9 atom stereocenters. The Morgan fingerprint density at radius 1 is 0.747 bits per heavy atom. The number of aromatic nitrogens is 2. The molecule has 1 aliphatic heterocycles. The van der Waals surface area contributed by atoms with Crippen molar-refractivity contribution >= 4 is 59.2 Å². The third-order valence-electron chi connectivity index (χ3n) is 12.7. The number of hydrogen-bond donors (Lipinski definition) is 13. The number of likely N-dealkylation sites (tertiary alicyclic amines) is 1. The number of aliphatic imine (C=N–C) groups is 1. The number of aromatic hydroxyl groups is 1. The van der Waals surface area contributed by atoms with Crippen molar-refractivity contribution in [1.82, 2.24) is 46.8 Å². The number of benzene rings is 2. The molecule has 1 saturated heterocycles. The van der Waals surface area contributed by atoms with E-state index in [4.69, 9.17) is 17.2 Å². The van der Waals surface area contributed by atoms with E-state index >= 15 is 0 Å². The molecule has 0 aliphatic carbocycles. The molecular weight excluding hydrogens is 975 g/mol. The van der Waals surface area contributed by atoms with Crippen LogP contribution in [0.2, 0.25) is 0 Å². The number of phenols is 1. The summed E-state index contributed by atoms with van der Waals surface area (Å²) >= 11 is 0. The van der Waals surface area contributed by atoms with Crippen LogP contribution in [0.3, 0.4) is 0 Å². The summed E-state index contributed by atoms with van der Waals surface area (Å²) in [6.45, 7) is 6.90. The Bertz CT molecular complexity index is 2450. The molecule has 408 valence electrons. The number of aliphatic carboxylic acids is 2. The number of guanidine groups is 1. The zero-order valence-electron chi connectivity index (χ0n) is 42.5. The van der Waals surface area contributed by atoms with E-state index in [0.717, 1.165) is 0 Å². The number of hydrogen-bond acceptors (Lipinski definition) is 13. The van der Waals surface area contributed by atoms with Gasteiger partial charge in [0.1, 0.15) is 48.0 Å². The van der Waals surface area contributed by atoms with Crippen LogP contribution in [0.1, 0.15) is 83.0 Å². The van der Waals surface area contributed by atoms with Crippen LogP contribution in [-0.2, 0) is 62.4 Å². The zero-order valence-corrected chi connectivity index (χ0v) is 42.5. The van der Waals surface area contributed by atoms with E-state index in [1.165, 1.54) is 41.7 Å². The number of amides is 7. The first-order chi connectivity index (χ1) is 35.6. The van der Waals surface area contributed by atoms with Gasteiger partial charge in [-0.05, 0) is 60.8 Å². The minimum absolute atomic E-state index is 0.00211. The fourth-order valence-corrected chi connectivity index (χ4v) is 8.31. The van der Waals surface area contributed by atoms with Crippen LogP contribution in [0.4, 0.5) is 0 Å². The third-order valence-corrected chi connectivity index (χ3v) is 12.7. The van der Waals surface area contributed by atoms with Gasteiger partial charge in [0.25, 0.3) is 0 Å². The fraction of sp³-hybridized carbons (Fsp3) is 0.500. The summed E-state index contributed by atoms with van der Waals surface area (Å²) in [5.41, 5.74) is 18.2. The number of carbonyl (C=O) groups is 9. The average Bonchev–Trinajstić information content (AvgIpc) is 4.08. The highest BCUT2D eigenvalue weighted by Crippen LogP contribution is 2.21. The van der Waals surface area contributed by atoms with Crippen LogP contribution in [0, 0.1) is 11.8 Å². The number of carboxylic acids is 2. The van der Waals surface area contributed by atoms with Gasteiger partial charge in [-0.2, -0.15) is 0 Å². The van der Waals surface area contributed by atoms with Gasteiger partial charge in [0.05, 0.1) is 18.8 Å². The Balaban J connectivity index is 1.59. The molecule has 7 amide bonds. The standard InChI is InChI=1S/C50H71N13O12/c1-5-28(4)41(47(72)59-36(23-31-25-54-26-56-31)48(73)63-20-10-14-38(63)45(70)60-37(49(74)75)22-29-11-7-6-8-12-29)62-44(69)35(21-30-15-17-32(64)18-16-30)58-46(71)40(27(2)3)61-43(68)34(13-9-19-55-50(52)53)57-42(67)33(51)24-39(65)66/h6-8,11-12,15-18,25-28,33-38,40-41,64H,5,9-10,13-14,19-24,51H2,1-4H3,(H,54,56)(H,57,67)(H,58,71)(H,59,72)(H,60,70)(H,61,68)(H,62,69)(H,65,66)(H,74,75)(H4,52,53,55)/t28-,33?,34-,35-,36-,37-,38-,40-,41-/m0/s1. The number of rotatable bonds is 29. The molecule has 25 nitrogen and oxygen atoms in total. The minimum atomic E-state index is -1.51. The van der Waals surface area contributed by atoms with Crippen molar-refractivity contribution in [3.63, 3.8) is 0 Å². The lowest BCUT2D eigenvalue weighted by Crippen LogP contribution is -2.62. The maximum Gasteiger partial charge on any atom is 0.326 e. The van der Waals surface area contributed by atoms with Crippen molar-refractivity contribution in [2.45, 2.75) is 134 Å². The summed E-state index contributed by atoms with van der Waals surface area (Å²) in [4.78, 5) is 134. The molecule has 4 rings (SSSR count). The summed E-state index contributed by atoms with van der Waals surface area (Å²) in [7, 11) is 0. The van der Waals surface area contributed by atoms with E-state index in [1.807, 2.05) is 0 Å². The maximum absolute atomic E-state index is 14.6. The van der Waals surface area contributed by atoms with Gasteiger partial charge in [-0.25, -0.2) is 9.78 Å². The molecule has 1 unspecified atom stereocenters. The molecule has 2 aromatic carbocycles. The Hall–Kier alpha value is -8.09. The Morgan fingerprint density at radius 2 is 1.35 bits per heavy atom. The van der Waals surface area contributed by atoms with Gasteiger partial charge in [-0.3, -0.25) is 43.3 Å². The van der Waals surface area contributed by atoms with Gasteiger partial charge in [-0.15, -0.1) is 0 Å². The van der Waals surface area contributed by atoms with Crippen LogP contribution in [0.15, 0.2) is 72.1 Å². The molecule has 0 spiro atoms. The van der Waals surface area contributed by atoms with E-state index in [9.17, 15) is 58.5 Å². The first kappa shape index (κ1) is 59.5. The molecule has 75 heavy (non-hydrogen) atoms. The molecule has 1 aromatic heterocycles. The lowest BCUT2D eigenvalue weighted by molar-refractivity contribution is -0.145. The number of carboxylic acid groups (broad SMARTS) is 2. The highest BCUT2D eigenvalue weighted by Gasteiger charge is 2.41. The number of aromatic amines is 1. The van der Waals surface area contributed by atoms with Crippen LogP contribution in [0.25, 0.3) is 0 Å². The summed E-state index contributed by atoms with van der Waals surface area (Å²) in [6.07, 6.45) is 2.92. The first-order valence-electron chi connectivity index (χ1n) is 24.8. The Kier molecular flexibility index (Phi) is 23.0. The van der Waals surface area contributed by atoms with Crippen molar-refractivity contribution in [2.24, 2.45) is 34.0 Å². The van der Waals surface area contributed by atoms with Crippen molar-refractivity contribution in [3.8, 4) is 5.75 Å². The van der Waals surface area contributed by atoms with Crippen molar-refractivity contribution < 1.29 is 58.5 Å². The quantitative estimate of drug-likeness (QED) is 0.0218. The summed E-state index contributed by atoms with van der Waals surface area (Å²) < 4.78 is 0. The van der Waals surface area contributed by atoms with Gasteiger partial charge < -0.3 is 74.3 Å². The van der Waals surface area contributed by atoms with Gasteiger partial charge in [0, 0.05) is 44.2 Å². The predicted molar refractivity (Wildman–Crippen MR) is 273 cm³/mol. The van der Waals surface area contributed by atoms with E-state index in [-0.39, 0.29) is 63.3 Å². The van der Waals surface area contributed by atoms with E-state index in [0.29, 0.717) is 29.7 Å².